The molecule has 0 radical (unpaired) electrons. The van der Waals surface area contributed by atoms with Gasteiger partial charge in [0.25, 0.3) is 0 Å². The van der Waals surface area contributed by atoms with E-state index in [-0.39, 0.29) is 5.75 Å². The maximum Gasteiger partial charge on any atom is 0.167 e. The molecule has 1 aromatic heterocycles. The minimum Gasteiger partial charge on any atom is -0.508 e. The Morgan fingerprint density at radius 2 is 2.43 bits per heavy atom. The zero-order valence-electron chi connectivity index (χ0n) is 7.32. The molecule has 4 heteroatoms. The summed E-state index contributed by atoms with van der Waals surface area (Å²) in [6.45, 7) is 0. The van der Waals surface area contributed by atoms with Crippen LogP contribution in [-0.4, -0.2) is 20.8 Å². The minimum atomic E-state index is 0.231. The number of aromatic nitrogens is 2. The number of fused-ring (bicyclic) bond motifs is 1. The van der Waals surface area contributed by atoms with Gasteiger partial charge < -0.3 is 10.1 Å². The number of phenols is 1. The lowest BCUT2D eigenvalue weighted by molar-refractivity contribution is 0.476. The largest absolute Gasteiger partial charge is 0.508 e. The third-order valence-electron chi connectivity index (χ3n) is 1.74. The molecular formula is C10H8N2OS. The molecule has 3 nitrogen and oxygen atoms in total. The summed E-state index contributed by atoms with van der Waals surface area (Å²) in [5.74, 6) is 3.35. The topological polar surface area (TPSA) is 48.9 Å². The molecule has 2 rings (SSSR count). The monoisotopic (exact) mass is 204 g/mol. The first-order valence-corrected chi connectivity index (χ1v) is 5.03. The zero-order chi connectivity index (χ0) is 9.97. The molecular weight excluding hydrogens is 196 g/mol. The number of thioether (sulfide) groups is 1. The van der Waals surface area contributed by atoms with Crippen molar-refractivity contribution in [2.24, 2.45) is 0 Å². The Balaban J connectivity index is 2.37. The number of nitrogens with one attached hydrogen (secondary N) is 1. The summed E-state index contributed by atoms with van der Waals surface area (Å²) in [6, 6.07) is 5.02. The first-order chi connectivity index (χ1) is 6.79. The number of imidazole rings is 1. The number of hydrogen-bond donors (Lipinski definition) is 2. The molecule has 2 N–H and O–H groups in total. The van der Waals surface area contributed by atoms with Gasteiger partial charge in [-0.05, 0) is 12.1 Å². The second-order valence-electron chi connectivity index (χ2n) is 2.74. The zero-order valence-corrected chi connectivity index (χ0v) is 8.14. The van der Waals surface area contributed by atoms with Crippen LogP contribution in [0.1, 0.15) is 0 Å². The highest BCUT2D eigenvalue weighted by Gasteiger charge is 2.02. The van der Waals surface area contributed by atoms with E-state index in [9.17, 15) is 5.11 Å². The molecule has 2 aromatic rings. The second kappa shape index (κ2) is 3.64. The van der Waals surface area contributed by atoms with Crippen molar-refractivity contribution in [2.45, 2.75) is 5.16 Å². The van der Waals surface area contributed by atoms with Gasteiger partial charge in [-0.15, -0.1) is 6.42 Å². The van der Waals surface area contributed by atoms with E-state index < -0.39 is 0 Å². The molecule has 1 heterocycles. The summed E-state index contributed by atoms with van der Waals surface area (Å²) in [5.41, 5.74) is 1.66. The third-order valence-corrected chi connectivity index (χ3v) is 2.51. The standard InChI is InChI=1S/C10H8N2OS/c1-2-5-14-10-11-8-4-3-7(13)6-9(8)12-10/h1,3-4,6,13H,5H2,(H,11,12). The van der Waals surface area contributed by atoms with E-state index in [1.165, 1.54) is 11.8 Å². The Kier molecular flexibility index (Phi) is 2.33. The van der Waals surface area contributed by atoms with Crippen molar-refractivity contribution in [3.8, 4) is 18.1 Å². The summed E-state index contributed by atoms with van der Waals surface area (Å²) < 4.78 is 0. The maximum atomic E-state index is 9.23. The smallest absolute Gasteiger partial charge is 0.167 e. The highest BCUT2D eigenvalue weighted by atomic mass is 32.2. The molecule has 0 saturated carbocycles. The van der Waals surface area contributed by atoms with Crippen LogP contribution in [0, 0.1) is 12.3 Å². The number of phenolic OH excluding ortho intramolecular Hbond substituents is 1. The molecule has 0 spiro atoms. The van der Waals surface area contributed by atoms with Crippen LogP contribution in [-0.2, 0) is 0 Å². The SMILES string of the molecule is C#CCSc1nc2ccc(O)cc2[nH]1. The van der Waals surface area contributed by atoms with Crippen LogP contribution in [0.3, 0.4) is 0 Å². The minimum absolute atomic E-state index is 0.231. The van der Waals surface area contributed by atoms with E-state index in [1.807, 2.05) is 0 Å². The van der Waals surface area contributed by atoms with Crippen molar-refractivity contribution in [1.82, 2.24) is 9.97 Å². The molecule has 0 amide bonds. The molecule has 70 valence electrons. The van der Waals surface area contributed by atoms with Crippen LogP contribution in [0.5, 0.6) is 5.75 Å². The summed E-state index contributed by atoms with van der Waals surface area (Å²) in [5, 5.41) is 10.0. The number of H-pyrrole nitrogens is 1. The number of terminal acetylenes is 1. The van der Waals surface area contributed by atoms with Crippen LogP contribution in [0.2, 0.25) is 0 Å². The van der Waals surface area contributed by atoms with Crippen molar-refractivity contribution < 1.29 is 5.11 Å². The van der Waals surface area contributed by atoms with Crippen LogP contribution >= 0.6 is 11.8 Å². The number of nitrogens with zero attached hydrogens (tertiary/aromatic N) is 1. The van der Waals surface area contributed by atoms with Crippen molar-refractivity contribution in [3.05, 3.63) is 18.2 Å². The normalized spacial score (nSPS) is 10.2. The van der Waals surface area contributed by atoms with Gasteiger partial charge >= 0.3 is 0 Å². The molecule has 0 aliphatic rings. The van der Waals surface area contributed by atoms with Gasteiger partial charge in [-0.1, -0.05) is 17.7 Å². The Hall–Kier alpha value is -1.60. The average Bonchev–Trinajstić information content (AvgIpc) is 2.56. The quantitative estimate of drug-likeness (QED) is 0.581. The Bertz CT molecular complexity index is 498. The first kappa shape index (κ1) is 8.97. The predicted molar refractivity (Wildman–Crippen MR) is 57.3 cm³/mol. The summed E-state index contributed by atoms with van der Waals surface area (Å²) in [4.78, 5) is 7.36. The lowest BCUT2D eigenvalue weighted by Crippen LogP contribution is -1.75. The second-order valence-corrected chi connectivity index (χ2v) is 3.70. The van der Waals surface area contributed by atoms with Gasteiger partial charge in [0, 0.05) is 6.07 Å². The lowest BCUT2D eigenvalue weighted by atomic mass is 10.3. The van der Waals surface area contributed by atoms with E-state index in [0.717, 1.165) is 16.2 Å². The fraction of sp³-hybridized carbons (Fsp3) is 0.100. The van der Waals surface area contributed by atoms with E-state index in [2.05, 4.69) is 15.9 Å². The van der Waals surface area contributed by atoms with Crippen LogP contribution in [0.15, 0.2) is 23.4 Å². The summed E-state index contributed by atoms with van der Waals surface area (Å²) >= 11 is 1.47. The molecule has 0 aliphatic carbocycles. The summed E-state index contributed by atoms with van der Waals surface area (Å²) in [7, 11) is 0. The van der Waals surface area contributed by atoms with Gasteiger partial charge in [0.2, 0.25) is 0 Å². The molecule has 0 bridgehead atoms. The predicted octanol–water partition coefficient (Wildman–Crippen LogP) is 1.99. The number of aromatic hydroxyl groups is 1. The number of benzene rings is 1. The van der Waals surface area contributed by atoms with Gasteiger partial charge in [-0.25, -0.2) is 4.98 Å². The van der Waals surface area contributed by atoms with Gasteiger partial charge in [0.1, 0.15) is 5.75 Å². The average molecular weight is 204 g/mol. The van der Waals surface area contributed by atoms with Crippen molar-refractivity contribution in [2.75, 3.05) is 5.75 Å². The highest BCUT2D eigenvalue weighted by Crippen LogP contribution is 2.21. The molecule has 0 atom stereocenters. The number of rotatable bonds is 2. The van der Waals surface area contributed by atoms with Gasteiger partial charge in [-0.2, -0.15) is 0 Å². The van der Waals surface area contributed by atoms with Crippen molar-refractivity contribution in [1.29, 1.82) is 0 Å². The van der Waals surface area contributed by atoms with E-state index in [0.29, 0.717) is 5.75 Å². The van der Waals surface area contributed by atoms with Crippen molar-refractivity contribution in [3.63, 3.8) is 0 Å². The van der Waals surface area contributed by atoms with Gasteiger partial charge in [0.05, 0.1) is 16.8 Å². The summed E-state index contributed by atoms with van der Waals surface area (Å²) in [6.07, 6.45) is 5.14. The highest BCUT2D eigenvalue weighted by molar-refractivity contribution is 7.99. The molecule has 0 saturated heterocycles. The first-order valence-electron chi connectivity index (χ1n) is 4.04. The van der Waals surface area contributed by atoms with Crippen LogP contribution < -0.4 is 0 Å². The van der Waals surface area contributed by atoms with E-state index >= 15 is 0 Å². The Labute approximate surface area is 85.6 Å². The van der Waals surface area contributed by atoms with E-state index in [1.54, 1.807) is 18.2 Å². The molecule has 14 heavy (non-hydrogen) atoms. The van der Waals surface area contributed by atoms with Crippen LogP contribution in [0.25, 0.3) is 11.0 Å². The molecule has 0 unspecified atom stereocenters. The van der Waals surface area contributed by atoms with Crippen molar-refractivity contribution >= 4 is 22.8 Å². The Morgan fingerprint density at radius 1 is 1.57 bits per heavy atom. The molecule has 1 aromatic carbocycles. The van der Waals surface area contributed by atoms with E-state index in [4.69, 9.17) is 6.42 Å². The fourth-order valence-electron chi connectivity index (χ4n) is 1.15. The maximum absolute atomic E-state index is 9.23. The third kappa shape index (κ3) is 1.68. The van der Waals surface area contributed by atoms with Gasteiger partial charge in [-0.3, -0.25) is 0 Å². The lowest BCUT2D eigenvalue weighted by Gasteiger charge is -1.88. The molecule has 0 aliphatic heterocycles. The Morgan fingerprint density at radius 3 is 3.21 bits per heavy atom. The number of aromatic amines is 1. The molecule has 0 fully saturated rings. The fourth-order valence-corrected chi connectivity index (χ4v) is 1.72. The van der Waals surface area contributed by atoms with Gasteiger partial charge in [0.15, 0.2) is 5.16 Å². The number of hydrogen-bond acceptors (Lipinski definition) is 3. The van der Waals surface area contributed by atoms with Crippen LogP contribution in [0.4, 0.5) is 0 Å².